The molecule has 0 aliphatic carbocycles. The van der Waals surface area contributed by atoms with Crippen LogP contribution in [0.4, 0.5) is 0 Å². The highest BCUT2D eigenvalue weighted by Crippen LogP contribution is 2.22. The van der Waals surface area contributed by atoms with Crippen molar-refractivity contribution in [1.29, 1.82) is 0 Å². The number of hydrogen-bond donors (Lipinski definition) is 3. The summed E-state index contributed by atoms with van der Waals surface area (Å²) in [5.74, 6) is -0.604. The Labute approximate surface area is 128 Å². The molecule has 0 atom stereocenters. The summed E-state index contributed by atoms with van der Waals surface area (Å²) in [4.78, 5) is 19.1. The van der Waals surface area contributed by atoms with E-state index < -0.39 is 5.91 Å². The maximum atomic E-state index is 11.2. The monoisotopic (exact) mass is 298 g/mol. The molecule has 0 spiro atoms. The second-order valence-corrected chi connectivity index (χ2v) is 4.30. The fourth-order valence-corrected chi connectivity index (χ4v) is 1.66. The van der Waals surface area contributed by atoms with Gasteiger partial charge in [0.15, 0.2) is 0 Å². The van der Waals surface area contributed by atoms with Crippen molar-refractivity contribution in [3.05, 3.63) is 59.6 Å². The molecule has 6 nitrogen and oxygen atoms in total. The minimum Gasteiger partial charge on any atom is -0.508 e. The molecule has 5 N–H and O–H groups in total. The van der Waals surface area contributed by atoms with Crippen LogP contribution in [0.3, 0.4) is 0 Å². The number of carbonyl (C=O) groups is 1. The van der Waals surface area contributed by atoms with Gasteiger partial charge >= 0.3 is 0 Å². The average Bonchev–Trinajstić information content (AvgIpc) is 2.50. The summed E-state index contributed by atoms with van der Waals surface area (Å²) in [6, 6.07) is 5.08. The normalized spacial score (nSPS) is 12.9. The van der Waals surface area contributed by atoms with Crippen LogP contribution in [0.5, 0.6) is 5.75 Å². The van der Waals surface area contributed by atoms with Crippen LogP contribution < -0.4 is 11.5 Å². The molecular formula is C16H18N4O2. The smallest absolute Gasteiger partial charge is 0.268 e. The lowest BCUT2D eigenvalue weighted by Crippen LogP contribution is -2.15. The quantitative estimate of drug-likeness (QED) is 0.548. The summed E-state index contributed by atoms with van der Waals surface area (Å²) in [5.41, 5.74) is 12.4. The van der Waals surface area contributed by atoms with Crippen LogP contribution in [0, 0.1) is 6.92 Å². The molecule has 0 unspecified atom stereocenters. The first-order chi connectivity index (χ1) is 10.4. The van der Waals surface area contributed by atoms with Crippen LogP contribution >= 0.6 is 0 Å². The zero-order valence-corrected chi connectivity index (χ0v) is 12.3. The van der Waals surface area contributed by atoms with E-state index in [1.54, 1.807) is 31.2 Å². The van der Waals surface area contributed by atoms with Crippen LogP contribution in [0.25, 0.3) is 6.08 Å². The van der Waals surface area contributed by atoms with Crippen LogP contribution in [0.15, 0.2) is 58.4 Å². The number of nitrogens with two attached hydrogens (primary N) is 2. The van der Waals surface area contributed by atoms with E-state index >= 15 is 0 Å². The van der Waals surface area contributed by atoms with E-state index in [0.29, 0.717) is 11.3 Å². The Bertz CT molecular complexity index is 700. The number of hydrogen-bond acceptors (Lipinski definition) is 5. The molecule has 0 aromatic heterocycles. The number of aliphatic imine (C=N–C) groups is 2. The van der Waals surface area contributed by atoms with Gasteiger partial charge in [-0.3, -0.25) is 9.79 Å². The molecule has 0 fully saturated rings. The summed E-state index contributed by atoms with van der Waals surface area (Å²) in [6.07, 6.45) is 4.08. The Balaban J connectivity index is 3.39. The molecule has 1 aromatic carbocycles. The van der Waals surface area contributed by atoms with Crippen LogP contribution in [-0.2, 0) is 4.79 Å². The maximum absolute atomic E-state index is 11.2. The second kappa shape index (κ2) is 7.58. The minimum absolute atomic E-state index is 0.114. The number of primary amides is 1. The Morgan fingerprint density at radius 3 is 2.55 bits per heavy atom. The van der Waals surface area contributed by atoms with Gasteiger partial charge in [-0.05, 0) is 43.0 Å². The lowest BCUT2D eigenvalue weighted by atomic mass is 10.1. The van der Waals surface area contributed by atoms with Gasteiger partial charge in [0.25, 0.3) is 5.91 Å². The highest BCUT2D eigenvalue weighted by Gasteiger charge is 2.08. The molecule has 0 bridgehead atoms. The van der Waals surface area contributed by atoms with Crippen molar-refractivity contribution in [2.75, 3.05) is 0 Å². The van der Waals surface area contributed by atoms with Gasteiger partial charge in [0.1, 0.15) is 11.4 Å². The highest BCUT2D eigenvalue weighted by atomic mass is 16.3. The Morgan fingerprint density at radius 2 is 2.05 bits per heavy atom. The van der Waals surface area contributed by atoms with Crippen LogP contribution in [0.1, 0.15) is 11.1 Å². The van der Waals surface area contributed by atoms with Gasteiger partial charge in [0.2, 0.25) is 0 Å². The Hall–Kier alpha value is -3.15. The van der Waals surface area contributed by atoms with E-state index in [0.717, 1.165) is 11.8 Å². The van der Waals surface area contributed by atoms with Crippen molar-refractivity contribution < 1.29 is 9.90 Å². The van der Waals surface area contributed by atoms with Crippen LogP contribution in [-0.4, -0.2) is 23.4 Å². The predicted molar refractivity (Wildman–Crippen MR) is 89.5 cm³/mol. The molecule has 1 rings (SSSR count). The van der Waals surface area contributed by atoms with Crippen molar-refractivity contribution in [1.82, 2.24) is 0 Å². The number of carbonyl (C=O) groups excluding carboxylic acids is 1. The summed E-state index contributed by atoms with van der Waals surface area (Å²) in [6.45, 7) is 8.87. The number of nitrogens with zero attached hydrogens (tertiary/aromatic N) is 2. The molecule has 1 aromatic rings. The molecular weight excluding hydrogens is 280 g/mol. The molecule has 0 heterocycles. The highest BCUT2D eigenvalue weighted by molar-refractivity contribution is 6.13. The second-order valence-electron chi connectivity index (χ2n) is 4.30. The van der Waals surface area contributed by atoms with Crippen molar-refractivity contribution in [2.24, 2.45) is 21.5 Å². The largest absolute Gasteiger partial charge is 0.508 e. The Kier molecular flexibility index (Phi) is 5.83. The third-order valence-corrected chi connectivity index (χ3v) is 2.92. The van der Waals surface area contributed by atoms with E-state index in [4.69, 9.17) is 11.5 Å². The number of benzene rings is 1. The number of aromatic hydroxyl groups is 1. The Morgan fingerprint density at radius 1 is 1.36 bits per heavy atom. The molecule has 22 heavy (non-hydrogen) atoms. The molecule has 0 saturated heterocycles. The third-order valence-electron chi connectivity index (χ3n) is 2.92. The van der Waals surface area contributed by atoms with Crippen molar-refractivity contribution in [3.8, 4) is 5.75 Å². The predicted octanol–water partition coefficient (Wildman–Crippen LogP) is 1.65. The van der Waals surface area contributed by atoms with Gasteiger partial charge in [-0.2, -0.15) is 0 Å². The van der Waals surface area contributed by atoms with E-state index in [9.17, 15) is 9.90 Å². The van der Waals surface area contributed by atoms with Crippen molar-refractivity contribution >= 4 is 24.4 Å². The van der Waals surface area contributed by atoms with Gasteiger partial charge in [-0.25, -0.2) is 4.99 Å². The lowest BCUT2D eigenvalue weighted by molar-refractivity contribution is -0.114. The maximum Gasteiger partial charge on any atom is 0.268 e. The standard InChI is InChI=1S/C16H18N4O2/c1-4-12(20-14(9-17)16(18)22)13(19-3)8-11-6-5-7-15(21)10(11)2/h4-9,21H,1,3,17H2,2H3,(H2,18,22)/b13-8-,14-9+,20-12+. The van der Waals surface area contributed by atoms with E-state index in [-0.39, 0.29) is 17.2 Å². The van der Waals surface area contributed by atoms with Gasteiger partial charge in [0.05, 0.1) is 11.4 Å². The zero-order valence-electron chi connectivity index (χ0n) is 12.3. The topological polar surface area (TPSA) is 114 Å². The fraction of sp³-hybridized carbons (Fsp3) is 0.0625. The summed E-state index contributed by atoms with van der Waals surface area (Å²) in [7, 11) is 0. The van der Waals surface area contributed by atoms with Gasteiger partial charge < -0.3 is 16.6 Å². The summed E-state index contributed by atoms with van der Waals surface area (Å²) in [5, 5.41) is 9.73. The molecule has 0 aliphatic rings. The van der Waals surface area contributed by atoms with Gasteiger partial charge in [-0.1, -0.05) is 18.7 Å². The van der Waals surface area contributed by atoms with Gasteiger partial charge in [-0.15, -0.1) is 0 Å². The zero-order chi connectivity index (χ0) is 16.7. The number of rotatable bonds is 6. The molecule has 0 saturated carbocycles. The summed E-state index contributed by atoms with van der Waals surface area (Å²) < 4.78 is 0. The number of phenolic OH excluding ortho intramolecular Hbond substituents is 1. The van der Waals surface area contributed by atoms with Crippen molar-refractivity contribution in [3.63, 3.8) is 0 Å². The van der Waals surface area contributed by atoms with E-state index in [1.165, 1.54) is 6.08 Å². The van der Waals surface area contributed by atoms with Gasteiger partial charge in [0, 0.05) is 6.20 Å². The number of allylic oxidation sites excluding steroid dienone is 1. The summed E-state index contributed by atoms with van der Waals surface area (Å²) >= 11 is 0. The number of amides is 1. The average molecular weight is 298 g/mol. The van der Waals surface area contributed by atoms with E-state index in [2.05, 4.69) is 23.3 Å². The first-order valence-corrected chi connectivity index (χ1v) is 6.34. The fourth-order valence-electron chi connectivity index (χ4n) is 1.66. The molecule has 6 heteroatoms. The molecule has 114 valence electrons. The lowest BCUT2D eigenvalue weighted by Gasteiger charge is -2.06. The molecule has 0 radical (unpaired) electrons. The first kappa shape index (κ1) is 16.9. The minimum atomic E-state index is -0.765. The van der Waals surface area contributed by atoms with E-state index in [1.807, 2.05) is 0 Å². The first-order valence-electron chi connectivity index (χ1n) is 6.34. The SMILES string of the molecule is C=CC(=N\C(=C\N)C(N)=O)/C(=C/c1cccc(O)c1C)N=C. The number of phenols is 1. The van der Waals surface area contributed by atoms with Crippen molar-refractivity contribution in [2.45, 2.75) is 6.92 Å². The third kappa shape index (κ3) is 3.92. The van der Waals surface area contributed by atoms with Crippen LogP contribution in [0.2, 0.25) is 0 Å². The molecule has 1 amide bonds. The molecule has 0 aliphatic heterocycles.